The van der Waals surface area contributed by atoms with Gasteiger partial charge in [0.25, 0.3) is 0 Å². The predicted molar refractivity (Wildman–Crippen MR) is 54.0 cm³/mol. The Bertz CT molecular complexity index is 124. The van der Waals surface area contributed by atoms with E-state index in [0.29, 0.717) is 5.25 Å². The number of hydrogen-bond donors (Lipinski definition) is 1. The highest BCUT2D eigenvalue weighted by atomic mass is 32.1. The summed E-state index contributed by atoms with van der Waals surface area (Å²) in [5.41, 5.74) is 0. The molecular weight excluding hydrogens is 152 g/mol. The zero-order chi connectivity index (χ0) is 8.59. The van der Waals surface area contributed by atoms with Gasteiger partial charge in [-0.15, -0.1) is 0 Å². The summed E-state index contributed by atoms with van der Waals surface area (Å²) in [5, 5.41) is 0.683. The molecule has 0 aromatic carbocycles. The molecule has 1 aliphatic carbocycles. The lowest BCUT2D eigenvalue weighted by Crippen LogP contribution is -2.43. The molecule has 0 amide bonds. The first-order valence-corrected chi connectivity index (χ1v) is 5.23. The monoisotopic (exact) mass is 172 g/mol. The van der Waals surface area contributed by atoms with E-state index in [2.05, 4.69) is 40.3 Å². The first-order valence-electron chi connectivity index (χ1n) is 4.72. The molecule has 0 nitrogen and oxygen atoms in total. The fourth-order valence-corrected chi connectivity index (χ4v) is 3.15. The molecule has 66 valence electrons. The highest BCUT2D eigenvalue weighted by Crippen LogP contribution is 2.46. The van der Waals surface area contributed by atoms with Crippen LogP contribution in [-0.4, -0.2) is 5.25 Å². The molecule has 0 radical (unpaired) electrons. The average molecular weight is 172 g/mol. The standard InChI is InChI=1S/C10H20S/c1-6(2)8-5-9(11)10(8)7(3)4/h6-11H,5H2,1-4H3. The van der Waals surface area contributed by atoms with Gasteiger partial charge in [0.05, 0.1) is 0 Å². The summed E-state index contributed by atoms with van der Waals surface area (Å²) in [6.07, 6.45) is 1.34. The molecule has 0 heterocycles. The Morgan fingerprint density at radius 3 is 1.82 bits per heavy atom. The zero-order valence-electron chi connectivity index (χ0n) is 8.04. The maximum Gasteiger partial charge on any atom is 0.00531 e. The van der Waals surface area contributed by atoms with Crippen molar-refractivity contribution in [1.82, 2.24) is 0 Å². The van der Waals surface area contributed by atoms with Gasteiger partial charge in [-0.05, 0) is 30.1 Å². The summed E-state index contributed by atoms with van der Waals surface area (Å²) in [4.78, 5) is 0. The second-order valence-corrected chi connectivity index (χ2v) is 5.20. The minimum atomic E-state index is 0.683. The van der Waals surface area contributed by atoms with Gasteiger partial charge in [0.2, 0.25) is 0 Å². The van der Waals surface area contributed by atoms with Crippen LogP contribution in [0.25, 0.3) is 0 Å². The molecule has 0 bridgehead atoms. The molecule has 3 atom stereocenters. The Labute approximate surface area is 76.2 Å². The van der Waals surface area contributed by atoms with Crippen LogP contribution in [0.4, 0.5) is 0 Å². The van der Waals surface area contributed by atoms with E-state index in [0.717, 1.165) is 23.7 Å². The maximum atomic E-state index is 4.57. The predicted octanol–water partition coefficient (Wildman–Crippen LogP) is 3.23. The van der Waals surface area contributed by atoms with Crippen molar-refractivity contribution in [2.45, 2.75) is 39.4 Å². The first kappa shape index (κ1) is 9.44. The second kappa shape index (κ2) is 3.38. The molecule has 1 aliphatic rings. The van der Waals surface area contributed by atoms with Crippen LogP contribution in [-0.2, 0) is 0 Å². The molecule has 0 saturated heterocycles. The number of rotatable bonds is 2. The summed E-state index contributed by atoms with van der Waals surface area (Å²) in [6.45, 7) is 9.31. The lowest BCUT2D eigenvalue weighted by Gasteiger charge is -2.47. The molecular formula is C10H20S. The lowest BCUT2D eigenvalue weighted by molar-refractivity contribution is 0.0902. The molecule has 1 saturated carbocycles. The van der Waals surface area contributed by atoms with Gasteiger partial charge >= 0.3 is 0 Å². The molecule has 0 aliphatic heterocycles. The summed E-state index contributed by atoms with van der Waals surface area (Å²) < 4.78 is 0. The van der Waals surface area contributed by atoms with Gasteiger partial charge in [-0.1, -0.05) is 27.7 Å². The van der Waals surface area contributed by atoms with Gasteiger partial charge in [-0.2, -0.15) is 12.6 Å². The Kier molecular flexibility index (Phi) is 2.90. The van der Waals surface area contributed by atoms with Crippen LogP contribution >= 0.6 is 12.6 Å². The molecule has 0 spiro atoms. The second-order valence-electron chi connectivity index (χ2n) is 4.53. The molecule has 0 N–H and O–H groups in total. The van der Waals surface area contributed by atoms with E-state index in [9.17, 15) is 0 Å². The quantitative estimate of drug-likeness (QED) is 0.607. The normalized spacial score (nSPS) is 37.9. The Morgan fingerprint density at radius 2 is 1.64 bits per heavy atom. The zero-order valence-corrected chi connectivity index (χ0v) is 8.94. The Balaban J connectivity index is 2.48. The van der Waals surface area contributed by atoms with Crippen molar-refractivity contribution in [3.8, 4) is 0 Å². The largest absolute Gasteiger partial charge is 0.176 e. The van der Waals surface area contributed by atoms with E-state index in [1.807, 2.05) is 0 Å². The van der Waals surface area contributed by atoms with Crippen LogP contribution < -0.4 is 0 Å². The van der Waals surface area contributed by atoms with E-state index in [1.165, 1.54) is 6.42 Å². The van der Waals surface area contributed by atoms with Crippen LogP contribution in [0.15, 0.2) is 0 Å². The SMILES string of the molecule is CC(C)C1CC(S)C1C(C)C. The van der Waals surface area contributed by atoms with Gasteiger partial charge in [-0.3, -0.25) is 0 Å². The van der Waals surface area contributed by atoms with Crippen molar-refractivity contribution in [3.63, 3.8) is 0 Å². The topological polar surface area (TPSA) is 0 Å². The smallest absolute Gasteiger partial charge is 0.00531 e. The van der Waals surface area contributed by atoms with Crippen molar-refractivity contribution in [1.29, 1.82) is 0 Å². The van der Waals surface area contributed by atoms with E-state index in [4.69, 9.17) is 0 Å². The minimum absolute atomic E-state index is 0.683. The molecule has 1 heteroatoms. The van der Waals surface area contributed by atoms with E-state index < -0.39 is 0 Å². The van der Waals surface area contributed by atoms with E-state index in [-0.39, 0.29) is 0 Å². The van der Waals surface area contributed by atoms with Gasteiger partial charge in [0, 0.05) is 5.25 Å². The third kappa shape index (κ3) is 1.74. The molecule has 11 heavy (non-hydrogen) atoms. The number of thiol groups is 1. The van der Waals surface area contributed by atoms with Crippen LogP contribution in [0.3, 0.4) is 0 Å². The van der Waals surface area contributed by atoms with Crippen LogP contribution in [0.1, 0.15) is 34.1 Å². The summed E-state index contributed by atoms with van der Waals surface area (Å²) in [5.74, 6) is 3.49. The van der Waals surface area contributed by atoms with Crippen LogP contribution in [0, 0.1) is 23.7 Å². The Morgan fingerprint density at radius 1 is 1.09 bits per heavy atom. The summed E-state index contributed by atoms with van der Waals surface area (Å²) in [7, 11) is 0. The molecule has 0 aromatic rings. The number of hydrogen-bond acceptors (Lipinski definition) is 1. The minimum Gasteiger partial charge on any atom is -0.176 e. The summed E-state index contributed by atoms with van der Waals surface area (Å²) in [6, 6.07) is 0. The molecule has 1 fully saturated rings. The summed E-state index contributed by atoms with van der Waals surface area (Å²) >= 11 is 4.57. The van der Waals surface area contributed by atoms with Crippen molar-refractivity contribution in [3.05, 3.63) is 0 Å². The van der Waals surface area contributed by atoms with Crippen molar-refractivity contribution in [2.75, 3.05) is 0 Å². The molecule has 1 rings (SSSR count). The van der Waals surface area contributed by atoms with Gasteiger partial charge < -0.3 is 0 Å². The fourth-order valence-electron chi connectivity index (χ4n) is 2.34. The third-order valence-corrected chi connectivity index (χ3v) is 3.63. The fraction of sp³-hybridized carbons (Fsp3) is 1.00. The lowest BCUT2D eigenvalue weighted by atomic mass is 9.63. The van der Waals surface area contributed by atoms with Crippen LogP contribution in [0.5, 0.6) is 0 Å². The van der Waals surface area contributed by atoms with Crippen molar-refractivity contribution >= 4 is 12.6 Å². The highest BCUT2D eigenvalue weighted by Gasteiger charge is 2.41. The maximum absolute atomic E-state index is 4.57. The van der Waals surface area contributed by atoms with Gasteiger partial charge in [0.1, 0.15) is 0 Å². The van der Waals surface area contributed by atoms with Crippen molar-refractivity contribution < 1.29 is 0 Å². The van der Waals surface area contributed by atoms with Crippen LogP contribution in [0.2, 0.25) is 0 Å². The first-order chi connectivity index (χ1) is 5.04. The van der Waals surface area contributed by atoms with Crippen molar-refractivity contribution in [2.24, 2.45) is 23.7 Å². The molecule has 0 aromatic heterocycles. The molecule has 3 unspecified atom stereocenters. The van der Waals surface area contributed by atoms with Gasteiger partial charge in [-0.25, -0.2) is 0 Å². The van der Waals surface area contributed by atoms with E-state index in [1.54, 1.807) is 0 Å². The average Bonchev–Trinajstić information content (AvgIpc) is 1.80. The third-order valence-electron chi connectivity index (χ3n) is 3.08. The van der Waals surface area contributed by atoms with Gasteiger partial charge in [0.15, 0.2) is 0 Å². The Hall–Kier alpha value is 0.350. The highest BCUT2D eigenvalue weighted by molar-refractivity contribution is 7.81. The van der Waals surface area contributed by atoms with E-state index >= 15 is 0 Å².